The molecule has 1 N–H and O–H groups in total. The van der Waals surface area contributed by atoms with Crippen LogP contribution in [-0.4, -0.2) is 23.3 Å². The van der Waals surface area contributed by atoms with Crippen molar-refractivity contribution in [2.24, 2.45) is 5.92 Å². The lowest BCUT2D eigenvalue weighted by atomic mass is 10.1. The van der Waals surface area contributed by atoms with Crippen molar-refractivity contribution in [3.05, 3.63) is 64.7 Å². The van der Waals surface area contributed by atoms with Crippen molar-refractivity contribution in [3.63, 3.8) is 0 Å². The fraction of sp³-hybridized carbons (Fsp3) is 0.211. The summed E-state index contributed by atoms with van der Waals surface area (Å²) in [5.74, 6) is -0.595. The molecule has 0 aliphatic carbocycles. The van der Waals surface area contributed by atoms with E-state index in [-0.39, 0.29) is 24.2 Å². The smallest absolute Gasteiger partial charge is 0.229 e. The van der Waals surface area contributed by atoms with Crippen molar-refractivity contribution in [2.75, 3.05) is 11.9 Å². The minimum absolute atomic E-state index is 0.0325. The Labute approximate surface area is 150 Å². The zero-order valence-corrected chi connectivity index (χ0v) is 14.2. The van der Waals surface area contributed by atoms with Crippen LogP contribution < -0.4 is 5.32 Å². The Kier molecular flexibility index (Phi) is 5.01. The minimum Gasteiger partial charge on any atom is -0.338 e. The van der Waals surface area contributed by atoms with E-state index in [9.17, 15) is 9.59 Å². The standard InChI is InChI=1S/C19H16ClN3O2/c20-16-5-1-14(2-6-16)11-23-12-15(9-18(23)24)19(25)22-17-7-3-13(10-21)4-8-17/h1-8,15H,9,11-12H2,(H,22,25). The summed E-state index contributed by atoms with van der Waals surface area (Å²) in [7, 11) is 0. The largest absolute Gasteiger partial charge is 0.338 e. The van der Waals surface area contributed by atoms with Gasteiger partial charge in [-0.2, -0.15) is 5.26 Å². The molecule has 0 radical (unpaired) electrons. The molecule has 3 rings (SSSR count). The number of nitriles is 1. The second kappa shape index (κ2) is 7.37. The van der Waals surface area contributed by atoms with Gasteiger partial charge in [-0.25, -0.2) is 0 Å². The molecular formula is C19H16ClN3O2. The first-order chi connectivity index (χ1) is 12.0. The molecule has 1 aliphatic rings. The fourth-order valence-corrected chi connectivity index (χ4v) is 2.91. The van der Waals surface area contributed by atoms with Gasteiger partial charge in [0.1, 0.15) is 0 Å². The second-order valence-corrected chi connectivity index (χ2v) is 6.42. The van der Waals surface area contributed by atoms with Gasteiger partial charge in [0.05, 0.1) is 17.6 Å². The van der Waals surface area contributed by atoms with Crippen LogP contribution in [0, 0.1) is 17.2 Å². The van der Waals surface area contributed by atoms with E-state index in [1.807, 2.05) is 18.2 Å². The molecule has 2 aromatic carbocycles. The van der Waals surface area contributed by atoms with Gasteiger partial charge in [-0.05, 0) is 42.0 Å². The summed E-state index contributed by atoms with van der Waals surface area (Å²) in [4.78, 5) is 26.3. The number of likely N-dealkylation sites (tertiary alicyclic amines) is 1. The highest BCUT2D eigenvalue weighted by molar-refractivity contribution is 6.30. The summed E-state index contributed by atoms with van der Waals surface area (Å²) in [6, 6.07) is 16.0. The number of hydrogen-bond acceptors (Lipinski definition) is 3. The number of halogens is 1. The molecule has 1 fully saturated rings. The third-order valence-corrected chi connectivity index (χ3v) is 4.41. The molecule has 0 bridgehead atoms. The quantitative estimate of drug-likeness (QED) is 0.917. The third kappa shape index (κ3) is 4.17. The molecule has 1 heterocycles. The highest BCUT2D eigenvalue weighted by Gasteiger charge is 2.34. The average Bonchev–Trinajstić information content (AvgIpc) is 2.98. The van der Waals surface area contributed by atoms with Gasteiger partial charge in [0.25, 0.3) is 0 Å². The normalized spacial score (nSPS) is 16.6. The highest BCUT2D eigenvalue weighted by Crippen LogP contribution is 2.22. The first-order valence-electron chi connectivity index (χ1n) is 7.88. The monoisotopic (exact) mass is 353 g/mol. The predicted molar refractivity (Wildman–Crippen MR) is 94.8 cm³/mol. The fourth-order valence-electron chi connectivity index (χ4n) is 2.78. The minimum atomic E-state index is -0.379. The van der Waals surface area contributed by atoms with E-state index < -0.39 is 0 Å². The maximum absolute atomic E-state index is 12.4. The molecule has 126 valence electrons. The summed E-state index contributed by atoms with van der Waals surface area (Å²) < 4.78 is 0. The first kappa shape index (κ1) is 17.0. The van der Waals surface area contributed by atoms with Crippen molar-refractivity contribution < 1.29 is 9.59 Å². The van der Waals surface area contributed by atoms with Crippen LogP contribution in [0.5, 0.6) is 0 Å². The predicted octanol–water partition coefficient (Wildman–Crippen LogP) is 3.20. The number of carbonyl (C=O) groups is 2. The van der Waals surface area contributed by atoms with E-state index in [4.69, 9.17) is 16.9 Å². The van der Waals surface area contributed by atoms with E-state index >= 15 is 0 Å². The molecule has 1 unspecified atom stereocenters. The van der Waals surface area contributed by atoms with Crippen LogP contribution in [0.15, 0.2) is 48.5 Å². The number of nitrogens with zero attached hydrogens (tertiary/aromatic N) is 2. The van der Waals surface area contributed by atoms with Crippen LogP contribution in [-0.2, 0) is 16.1 Å². The molecule has 1 aliphatic heterocycles. The summed E-state index contributed by atoms with van der Waals surface area (Å²) in [6.07, 6.45) is 0.204. The first-order valence-corrected chi connectivity index (χ1v) is 8.26. The average molecular weight is 354 g/mol. The van der Waals surface area contributed by atoms with Gasteiger partial charge in [0, 0.05) is 30.2 Å². The highest BCUT2D eigenvalue weighted by atomic mass is 35.5. The Balaban J connectivity index is 1.60. The molecule has 2 aromatic rings. The van der Waals surface area contributed by atoms with Gasteiger partial charge in [-0.15, -0.1) is 0 Å². The zero-order chi connectivity index (χ0) is 17.8. The maximum Gasteiger partial charge on any atom is 0.229 e. The van der Waals surface area contributed by atoms with Gasteiger partial charge >= 0.3 is 0 Å². The Morgan fingerprint density at radius 1 is 1.20 bits per heavy atom. The topological polar surface area (TPSA) is 73.2 Å². The van der Waals surface area contributed by atoms with E-state index in [0.29, 0.717) is 29.4 Å². The SMILES string of the molecule is N#Cc1ccc(NC(=O)C2CC(=O)N(Cc3ccc(Cl)cc3)C2)cc1. The molecule has 5 nitrogen and oxygen atoms in total. The molecule has 0 spiro atoms. The third-order valence-electron chi connectivity index (χ3n) is 4.15. The second-order valence-electron chi connectivity index (χ2n) is 5.98. The number of hydrogen-bond donors (Lipinski definition) is 1. The van der Waals surface area contributed by atoms with Gasteiger partial charge in [-0.3, -0.25) is 9.59 Å². The number of benzene rings is 2. The molecule has 2 amide bonds. The van der Waals surface area contributed by atoms with Crippen LogP contribution in [0.3, 0.4) is 0 Å². The van der Waals surface area contributed by atoms with E-state index in [1.54, 1.807) is 41.3 Å². The molecular weight excluding hydrogens is 338 g/mol. The van der Waals surface area contributed by atoms with Crippen LogP contribution in [0.2, 0.25) is 5.02 Å². The zero-order valence-electron chi connectivity index (χ0n) is 13.4. The summed E-state index contributed by atoms with van der Waals surface area (Å²) in [5.41, 5.74) is 2.13. The molecule has 0 saturated carbocycles. The number of nitrogens with one attached hydrogen (secondary N) is 1. The Bertz CT molecular complexity index is 825. The van der Waals surface area contributed by atoms with Crippen molar-refractivity contribution in [1.29, 1.82) is 5.26 Å². The number of amides is 2. The van der Waals surface area contributed by atoms with Gasteiger partial charge in [-0.1, -0.05) is 23.7 Å². The summed E-state index contributed by atoms with van der Waals surface area (Å²) in [5, 5.41) is 12.2. The van der Waals surface area contributed by atoms with E-state index in [2.05, 4.69) is 5.32 Å². The molecule has 1 saturated heterocycles. The Morgan fingerprint density at radius 2 is 1.88 bits per heavy atom. The number of anilines is 1. The van der Waals surface area contributed by atoms with Crippen LogP contribution in [0.4, 0.5) is 5.69 Å². The number of rotatable bonds is 4. The van der Waals surface area contributed by atoms with Gasteiger partial charge in [0.15, 0.2) is 0 Å². The summed E-state index contributed by atoms with van der Waals surface area (Å²) >= 11 is 5.87. The lowest BCUT2D eigenvalue weighted by molar-refractivity contribution is -0.128. The lowest BCUT2D eigenvalue weighted by Crippen LogP contribution is -2.28. The van der Waals surface area contributed by atoms with Crippen LogP contribution in [0.1, 0.15) is 17.5 Å². The Hall–Kier alpha value is -2.84. The van der Waals surface area contributed by atoms with E-state index in [0.717, 1.165) is 5.56 Å². The van der Waals surface area contributed by atoms with Crippen LogP contribution in [0.25, 0.3) is 0 Å². The number of carbonyl (C=O) groups excluding carboxylic acids is 2. The molecule has 6 heteroatoms. The van der Waals surface area contributed by atoms with Crippen molar-refractivity contribution in [1.82, 2.24) is 4.90 Å². The molecule has 1 atom stereocenters. The van der Waals surface area contributed by atoms with Crippen molar-refractivity contribution in [2.45, 2.75) is 13.0 Å². The molecule has 0 aromatic heterocycles. The van der Waals surface area contributed by atoms with Crippen LogP contribution >= 0.6 is 11.6 Å². The van der Waals surface area contributed by atoms with Crippen molar-refractivity contribution >= 4 is 29.1 Å². The van der Waals surface area contributed by atoms with Gasteiger partial charge in [0.2, 0.25) is 11.8 Å². The Morgan fingerprint density at radius 3 is 2.52 bits per heavy atom. The van der Waals surface area contributed by atoms with Crippen molar-refractivity contribution in [3.8, 4) is 6.07 Å². The van der Waals surface area contributed by atoms with Gasteiger partial charge < -0.3 is 10.2 Å². The molecule has 25 heavy (non-hydrogen) atoms. The van der Waals surface area contributed by atoms with E-state index in [1.165, 1.54) is 0 Å². The maximum atomic E-state index is 12.4. The lowest BCUT2D eigenvalue weighted by Gasteiger charge is -2.16. The summed E-state index contributed by atoms with van der Waals surface area (Å²) in [6.45, 7) is 0.861.